The quantitative estimate of drug-likeness (QED) is 0.225. The number of nitrogen functional groups attached to an aromatic ring is 1. The van der Waals surface area contributed by atoms with E-state index in [0.717, 1.165) is 75.1 Å². The van der Waals surface area contributed by atoms with Gasteiger partial charge < -0.3 is 24.7 Å². The molecule has 0 saturated heterocycles. The van der Waals surface area contributed by atoms with E-state index in [1.54, 1.807) is 15.9 Å². The fraction of sp³-hybridized carbons (Fsp3) is 0.360. The van der Waals surface area contributed by atoms with Crippen LogP contribution >= 0.6 is 15.9 Å². The Balaban J connectivity index is 0.000000239. The molecule has 4 aromatic rings. The third-order valence-electron chi connectivity index (χ3n) is 6.79. The summed E-state index contributed by atoms with van der Waals surface area (Å²) >= 11 is 6.30. The molecular weight excluding hydrogens is 653 g/mol. The average Bonchev–Trinajstić information content (AvgIpc) is 3.32. The van der Waals surface area contributed by atoms with Gasteiger partial charge in [0.15, 0.2) is 0 Å². The first-order valence-corrected chi connectivity index (χ1v) is 12.4. The first kappa shape index (κ1) is 31.7. The van der Waals surface area contributed by atoms with Crippen molar-refractivity contribution in [2.45, 2.75) is 20.3 Å². The summed E-state index contributed by atoms with van der Waals surface area (Å²) in [6.07, 6.45) is 1.76. The molecule has 212 valence electrons. The molecule has 1 radical (unpaired) electrons. The minimum absolute atomic E-state index is 0. The molecule has 0 unspecified atom stereocenters. The van der Waals surface area contributed by atoms with Crippen LogP contribution in [0.3, 0.4) is 0 Å². The third-order valence-corrected chi connectivity index (χ3v) is 7.23. The summed E-state index contributed by atoms with van der Waals surface area (Å²) in [6, 6.07) is 7.46. The molecule has 2 amide bonds. The van der Waals surface area contributed by atoms with Crippen LogP contribution in [-0.4, -0.2) is 67.9 Å². The Bertz CT molecular complexity index is 1410. The van der Waals surface area contributed by atoms with Crippen molar-refractivity contribution >= 4 is 55.6 Å². The number of pyridine rings is 2. The van der Waals surface area contributed by atoms with Crippen LogP contribution < -0.4 is 5.73 Å². The Hall–Kier alpha value is -2.56. The topological polar surface area (TPSA) is 119 Å². The Labute approximate surface area is 248 Å². The van der Waals surface area contributed by atoms with E-state index < -0.39 is 0 Å². The van der Waals surface area contributed by atoms with Crippen molar-refractivity contribution in [2.75, 3.05) is 32.9 Å². The SMILES string of the molecule is C.CN1CCc2c(c3ccc(Br)nc3n2C)C1=O.CN1CCc2c(c3ccc(N)nc3n2C)C1=O.[Cu].[O]=[Cu]. The number of aromatic nitrogens is 4. The van der Waals surface area contributed by atoms with Crippen molar-refractivity contribution < 1.29 is 46.4 Å². The molecule has 0 spiro atoms. The summed E-state index contributed by atoms with van der Waals surface area (Å²) in [4.78, 5) is 36.7. The number of halogens is 1. The second-order valence-corrected chi connectivity index (χ2v) is 9.64. The fourth-order valence-corrected chi connectivity index (χ4v) is 5.19. The number of nitrogens with zero attached hydrogens (tertiary/aromatic N) is 6. The van der Waals surface area contributed by atoms with Crippen LogP contribution in [0.2, 0.25) is 0 Å². The number of anilines is 1. The summed E-state index contributed by atoms with van der Waals surface area (Å²) in [5.74, 6) is 0.653. The van der Waals surface area contributed by atoms with E-state index in [1.807, 2.05) is 55.5 Å². The zero-order chi connectivity index (χ0) is 26.3. The van der Waals surface area contributed by atoms with E-state index in [1.165, 1.54) is 0 Å². The number of carbonyl (C=O) groups is 2. The molecule has 13 heteroatoms. The summed E-state index contributed by atoms with van der Waals surface area (Å²) in [5.41, 5.74) is 11.1. The predicted octanol–water partition coefficient (Wildman–Crippen LogP) is 3.26. The molecule has 2 aliphatic rings. The van der Waals surface area contributed by atoms with E-state index in [0.29, 0.717) is 5.82 Å². The second kappa shape index (κ2) is 12.5. The molecule has 2 N–H and O–H groups in total. The van der Waals surface area contributed by atoms with Gasteiger partial charge in [0, 0.05) is 93.4 Å². The van der Waals surface area contributed by atoms with Gasteiger partial charge in [-0.05, 0) is 40.2 Å². The maximum absolute atomic E-state index is 12.2. The molecule has 0 aliphatic carbocycles. The molecule has 0 atom stereocenters. The Morgan fingerprint density at radius 1 is 0.789 bits per heavy atom. The number of fused-ring (bicyclic) bond motifs is 6. The van der Waals surface area contributed by atoms with E-state index >= 15 is 0 Å². The maximum atomic E-state index is 12.2. The van der Waals surface area contributed by atoms with Gasteiger partial charge in [-0.25, -0.2) is 9.97 Å². The number of rotatable bonds is 0. The fourth-order valence-electron chi connectivity index (χ4n) is 4.89. The summed E-state index contributed by atoms with van der Waals surface area (Å²) in [6.45, 7) is 1.53. The standard InChI is InChI=1S/C12H12BrN3O.C12H14N4O.CH4.2Cu.O/c2*1-15-6-5-8-10(12(15)17)7-3-4-9(13)14-11(7)16(8)2;;;;/h3-4H,5-6H2,1-2H3;3-4H,5-6H2,1-2H3,(H2,13,14);1H4;;;. The molecule has 0 fully saturated rings. The molecule has 4 aromatic heterocycles. The van der Waals surface area contributed by atoms with E-state index in [-0.39, 0.29) is 36.3 Å². The molecule has 0 bridgehead atoms. The van der Waals surface area contributed by atoms with E-state index in [2.05, 4.69) is 41.8 Å². The second-order valence-electron chi connectivity index (χ2n) is 8.83. The number of nitrogens with two attached hydrogens (primary N) is 1. The molecule has 6 rings (SSSR count). The monoisotopic (exact) mass is 681 g/mol. The van der Waals surface area contributed by atoms with Gasteiger partial charge in [0.25, 0.3) is 11.8 Å². The zero-order valence-electron chi connectivity index (χ0n) is 20.6. The Morgan fingerprint density at radius 3 is 1.68 bits per heavy atom. The van der Waals surface area contributed by atoms with Crippen LogP contribution in [0.4, 0.5) is 5.82 Å². The van der Waals surface area contributed by atoms with Gasteiger partial charge in [-0.2, -0.15) is 0 Å². The zero-order valence-corrected chi connectivity index (χ0v) is 24.1. The first-order valence-electron chi connectivity index (χ1n) is 11.2. The summed E-state index contributed by atoms with van der Waals surface area (Å²) in [7, 11) is 7.58. The van der Waals surface area contributed by atoms with Crippen molar-refractivity contribution in [1.82, 2.24) is 28.9 Å². The number of aryl methyl sites for hydroxylation is 2. The third kappa shape index (κ3) is 5.31. The van der Waals surface area contributed by atoms with Gasteiger partial charge in [-0.3, -0.25) is 9.59 Å². The number of hydrogen-bond acceptors (Lipinski definition) is 6. The van der Waals surface area contributed by atoms with E-state index in [4.69, 9.17) is 9.57 Å². The first-order chi connectivity index (χ1) is 17.2. The number of amides is 2. The van der Waals surface area contributed by atoms with Gasteiger partial charge in [0.2, 0.25) is 0 Å². The normalized spacial score (nSPS) is 14.0. The minimum atomic E-state index is 0. The molecule has 2 aliphatic heterocycles. The molecule has 0 saturated carbocycles. The van der Waals surface area contributed by atoms with Crippen molar-refractivity contribution in [1.29, 1.82) is 0 Å². The van der Waals surface area contributed by atoms with Gasteiger partial charge in [-0.1, -0.05) is 7.43 Å². The van der Waals surface area contributed by atoms with Gasteiger partial charge in [-0.15, -0.1) is 0 Å². The van der Waals surface area contributed by atoms with Crippen molar-refractivity contribution in [3.8, 4) is 0 Å². The number of carbonyl (C=O) groups excluding carboxylic acids is 2. The van der Waals surface area contributed by atoms with Crippen molar-refractivity contribution in [2.24, 2.45) is 14.1 Å². The van der Waals surface area contributed by atoms with Gasteiger partial charge in [0.05, 0.1) is 11.1 Å². The van der Waals surface area contributed by atoms with Crippen LogP contribution in [0, 0.1) is 0 Å². The number of likely N-dealkylation sites (N-methyl/N-ethyl adjacent to an activating group) is 2. The molecule has 6 heterocycles. The van der Waals surface area contributed by atoms with Gasteiger partial charge >= 0.3 is 19.8 Å². The molecular formula is C25H30BrCu2N7O3. The Kier molecular flexibility index (Phi) is 10.4. The summed E-state index contributed by atoms with van der Waals surface area (Å²) < 4.78 is 12.6. The van der Waals surface area contributed by atoms with Crippen LogP contribution in [0.5, 0.6) is 0 Å². The molecule has 10 nitrogen and oxygen atoms in total. The van der Waals surface area contributed by atoms with Crippen LogP contribution in [0.1, 0.15) is 39.5 Å². The average molecular weight is 684 g/mol. The molecule has 0 aromatic carbocycles. The van der Waals surface area contributed by atoms with Crippen LogP contribution in [0.15, 0.2) is 28.9 Å². The van der Waals surface area contributed by atoms with Crippen molar-refractivity contribution in [3.05, 3.63) is 51.4 Å². The van der Waals surface area contributed by atoms with E-state index in [9.17, 15) is 9.59 Å². The van der Waals surface area contributed by atoms with Gasteiger partial charge in [0.1, 0.15) is 21.7 Å². The predicted molar refractivity (Wildman–Crippen MR) is 142 cm³/mol. The number of hydrogen-bond donors (Lipinski definition) is 1. The van der Waals surface area contributed by atoms with Crippen LogP contribution in [0.25, 0.3) is 22.1 Å². The molecule has 38 heavy (non-hydrogen) atoms. The van der Waals surface area contributed by atoms with Crippen molar-refractivity contribution in [3.63, 3.8) is 0 Å². The Morgan fingerprint density at radius 2 is 1.21 bits per heavy atom. The summed E-state index contributed by atoms with van der Waals surface area (Å²) in [5, 5.41) is 1.84. The van der Waals surface area contributed by atoms with Crippen LogP contribution in [-0.2, 0) is 63.8 Å².